The second kappa shape index (κ2) is 10.9. The van der Waals surface area contributed by atoms with Gasteiger partial charge in [-0.25, -0.2) is 0 Å². The molecule has 0 radical (unpaired) electrons. The fraction of sp³-hybridized carbons (Fsp3) is 0.700. The Kier molecular flexibility index (Phi) is 9.56. The Labute approximate surface area is 159 Å². The first-order valence-electron chi connectivity index (χ1n) is 9.45. The summed E-state index contributed by atoms with van der Waals surface area (Å²) >= 11 is 0. The highest BCUT2D eigenvalue weighted by Crippen LogP contribution is 2.37. The van der Waals surface area contributed by atoms with E-state index in [1.54, 1.807) is 6.07 Å². The van der Waals surface area contributed by atoms with Crippen LogP contribution in [0.2, 0.25) is 0 Å². The van der Waals surface area contributed by atoms with Crippen molar-refractivity contribution in [2.75, 3.05) is 19.8 Å². The minimum atomic E-state index is -4.52. The van der Waals surface area contributed by atoms with Gasteiger partial charge in [-0.1, -0.05) is 39.2 Å². The summed E-state index contributed by atoms with van der Waals surface area (Å²) in [6, 6.07) is 3.96. The SMILES string of the molecule is CC(C)CCCCCOc1ccc(CCC(N)(CO)CO)cc1C(F)(F)F. The molecule has 0 unspecified atom stereocenters. The molecule has 1 rings (SSSR count). The molecule has 0 amide bonds. The number of rotatable bonds is 12. The van der Waals surface area contributed by atoms with Gasteiger partial charge in [-0.2, -0.15) is 13.2 Å². The van der Waals surface area contributed by atoms with Crippen molar-refractivity contribution in [1.82, 2.24) is 0 Å². The molecule has 0 saturated heterocycles. The molecule has 1 aromatic carbocycles. The summed E-state index contributed by atoms with van der Waals surface area (Å²) in [5.74, 6) is 0.456. The summed E-state index contributed by atoms with van der Waals surface area (Å²) in [5.41, 5.74) is 4.20. The van der Waals surface area contributed by atoms with Crippen LogP contribution in [0.4, 0.5) is 13.2 Å². The normalized spacial score (nSPS) is 12.6. The quantitative estimate of drug-likeness (QED) is 0.472. The van der Waals surface area contributed by atoms with Crippen molar-refractivity contribution in [2.24, 2.45) is 11.7 Å². The van der Waals surface area contributed by atoms with Crippen LogP contribution in [-0.2, 0) is 12.6 Å². The highest BCUT2D eigenvalue weighted by molar-refractivity contribution is 5.39. The summed E-state index contributed by atoms with van der Waals surface area (Å²) in [7, 11) is 0. The number of aliphatic hydroxyl groups excluding tert-OH is 2. The Morgan fingerprint density at radius 3 is 2.30 bits per heavy atom. The lowest BCUT2D eigenvalue weighted by Crippen LogP contribution is -2.47. The molecular weight excluding hydrogens is 359 g/mol. The van der Waals surface area contributed by atoms with Crippen LogP contribution >= 0.6 is 0 Å². The van der Waals surface area contributed by atoms with Gasteiger partial charge in [-0.15, -0.1) is 0 Å². The third-order valence-electron chi connectivity index (χ3n) is 4.57. The van der Waals surface area contributed by atoms with Gasteiger partial charge in [0.2, 0.25) is 0 Å². The molecule has 27 heavy (non-hydrogen) atoms. The molecule has 0 aliphatic heterocycles. The summed E-state index contributed by atoms with van der Waals surface area (Å²) in [5, 5.41) is 18.4. The number of halogens is 3. The maximum absolute atomic E-state index is 13.4. The van der Waals surface area contributed by atoms with E-state index in [1.165, 1.54) is 6.07 Å². The van der Waals surface area contributed by atoms with E-state index < -0.39 is 30.5 Å². The lowest BCUT2D eigenvalue weighted by atomic mass is 9.93. The molecule has 0 spiro atoms. The van der Waals surface area contributed by atoms with Crippen molar-refractivity contribution in [3.8, 4) is 5.75 Å². The van der Waals surface area contributed by atoms with Gasteiger partial charge < -0.3 is 20.7 Å². The van der Waals surface area contributed by atoms with Crippen molar-refractivity contribution in [3.05, 3.63) is 29.3 Å². The van der Waals surface area contributed by atoms with Gasteiger partial charge in [0, 0.05) is 0 Å². The van der Waals surface area contributed by atoms with Gasteiger partial charge in [-0.3, -0.25) is 0 Å². The van der Waals surface area contributed by atoms with Gasteiger partial charge in [-0.05, 0) is 42.9 Å². The van der Waals surface area contributed by atoms with Crippen LogP contribution in [0.1, 0.15) is 57.1 Å². The third-order valence-corrected chi connectivity index (χ3v) is 4.57. The summed E-state index contributed by atoms with van der Waals surface area (Å²) in [6.45, 7) is 3.66. The number of benzene rings is 1. The molecule has 0 fully saturated rings. The van der Waals surface area contributed by atoms with E-state index in [9.17, 15) is 23.4 Å². The van der Waals surface area contributed by atoms with E-state index in [0.29, 0.717) is 17.9 Å². The van der Waals surface area contributed by atoms with E-state index in [2.05, 4.69) is 13.8 Å². The molecule has 0 aliphatic carbocycles. The first-order chi connectivity index (χ1) is 12.6. The highest BCUT2D eigenvalue weighted by atomic mass is 19.4. The second-order valence-electron chi connectivity index (χ2n) is 7.60. The van der Waals surface area contributed by atoms with Crippen LogP contribution in [0.5, 0.6) is 5.75 Å². The number of nitrogens with two attached hydrogens (primary N) is 1. The highest BCUT2D eigenvalue weighted by Gasteiger charge is 2.35. The Bertz CT molecular complexity index is 558. The monoisotopic (exact) mass is 391 g/mol. The van der Waals surface area contributed by atoms with Gasteiger partial charge >= 0.3 is 6.18 Å². The first-order valence-corrected chi connectivity index (χ1v) is 9.45. The average molecular weight is 391 g/mol. The maximum atomic E-state index is 13.4. The third kappa shape index (κ3) is 8.49. The van der Waals surface area contributed by atoms with E-state index in [4.69, 9.17) is 10.5 Å². The lowest BCUT2D eigenvalue weighted by Gasteiger charge is -2.24. The number of ether oxygens (including phenoxy) is 1. The molecule has 0 aliphatic rings. The van der Waals surface area contributed by atoms with Crippen LogP contribution < -0.4 is 10.5 Å². The molecule has 1 aromatic rings. The second-order valence-corrected chi connectivity index (χ2v) is 7.60. The van der Waals surface area contributed by atoms with E-state index in [0.717, 1.165) is 25.3 Å². The zero-order chi connectivity index (χ0) is 20.5. The Balaban J connectivity index is 2.71. The van der Waals surface area contributed by atoms with Crippen LogP contribution in [0, 0.1) is 5.92 Å². The molecule has 0 heterocycles. The van der Waals surface area contributed by atoms with Crippen LogP contribution in [-0.4, -0.2) is 35.6 Å². The van der Waals surface area contributed by atoms with Crippen LogP contribution in [0.15, 0.2) is 18.2 Å². The van der Waals surface area contributed by atoms with Gasteiger partial charge in [0.15, 0.2) is 0 Å². The zero-order valence-electron chi connectivity index (χ0n) is 16.2. The van der Waals surface area contributed by atoms with E-state index in [-0.39, 0.29) is 25.2 Å². The molecule has 4 nitrogen and oxygen atoms in total. The summed E-state index contributed by atoms with van der Waals surface area (Å²) < 4.78 is 45.5. The zero-order valence-corrected chi connectivity index (χ0v) is 16.2. The Morgan fingerprint density at radius 1 is 1.07 bits per heavy atom. The molecule has 0 aromatic heterocycles. The van der Waals surface area contributed by atoms with Crippen LogP contribution in [0.25, 0.3) is 0 Å². The predicted octanol–water partition coefficient (Wildman–Crippen LogP) is 3.92. The van der Waals surface area contributed by atoms with Crippen LogP contribution in [0.3, 0.4) is 0 Å². The van der Waals surface area contributed by atoms with E-state index >= 15 is 0 Å². The number of unbranched alkanes of at least 4 members (excludes halogenated alkanes) is 2. The Morgan fingerprint density at radius 2 is 1.74 bits per heavy atom. The molecule has 0 bridgehead atoms. The topological polar surface area (TPSA) is 75.7 Å². The minimum Gasteiger partial charge on any atom is -0.493 e. The number of hydrogen-bond acceptors (Lipinski definition) is 4. The molecule has 156 valence electrons. The number of alkyl halides is 3. The standard InChI is InChI=1S/C20H32F3NO3/c1-15(2)6-4-3-5-11-27-18-8-7-16(12-17(18)20(21,22)23)9-10-19(24,13-25)14-26/h7-8,12,15,25-26H,3-6,9-11,13-14,24H2,1-2H3. The fourth-order valence-electron chi connectivity index (χ4n) is 2.69. The van der Waals surface area contributed by atoms with Crippen molar-refractivity contribution in [2.45, 2.75) is 64.1 Å². The molecule has 0 atom stereocenters. The minimum absolute atomic E-state index is 0.168. The van der Waals surface area contributed by atoms with E-state index in [1.807, 2.05) is 0 Å². The van der Waals surface area contributed by atoms with Gasteiger partial charge in [0.1, 0.15) is 5.75 Å². The number of aryl methyl sites for hydroxylation is 1. The van der Waals surface area contributed by atoms with Gasteiger partial charge in [0.05, 0.1) is 30.9 Å². The number of hydrogen-bond donors (Lipinski definition) is 3. The smallest absolute Gasteiger partial charge is 0.419 e. The fourth-order valence-corrected chi connectivity index (χ4v) is 2.69. The molecule has 0 saturated carbocycles. The number of aliphatic hydroxyl groups is 2. The van der Waals surface area contributed by atoms with Crippen molar-refractivity contribution >= 4 is 0 Å². The first kappa shape index (κ1) is 23.7. The Hall–Kier alpha value is -1.31. The van der Waals surface area contributed by atoms with Crippen molar-refractivity contribution < 1.29 is 28.1 Å². The molecular formula is C20H32F3NO3. The predicted molar refractivity (Wildman–Crippen MR) is 99.7 cm³/mol. The molecule has 7 heteroatoms. The lowest BCUT2D eigenvalue weighted by molar-refractivity contribution is -0.139. The average Bonchev–Trinajstić information content (AvgIpc) is 2.62. The van der Waals surface area contributed by atoms with Crippen molar-refractivity contribution in [1.29, 1.82) is 0 Å². The summed E-state index contributed by atoms with van der Waals surface area (Å²) in [4.78, 5) is 0. The van der Waals surface area contributed by atoms with Gasteiger partial charge in [0.25, 0.3) is 0 Å². The summed E-state index contributed by atoms with van der Waals surface area (Å²) in [6.07, 6.45) is -0.331. The maximum Gasteiger partial charge on any atom is 0.419 e. The largest absolute Gasteiger partial charge is 0.493 e. The van der Waals surface area contributed by atoms with Crippen molar-refractivity contribution in [3.63, 3.8) is 0 Å². The molecule has 4 N–H and O–H groups in total.